The van der Waals surface area contributed by atoms with Crippen molar-refractivity contribution in [1.82, 2.24) is 4.98 Å². The molecule has 1 heterocycles. The predicted octanol–water partition coefficient (Wildman–Crippen LogP) is 2.88. The predicted molar refractivity (Wildman–Crippen MR) is 70.9 cm³/mol. The van der Waals surface area contributed by atoms with Crippen LogP contribution in [0.3, 0.4) is 0 Å². The van der Waals surface area contributed by atoms with Gasteiger partial charge in [-0.05, 0) is 31.4 Å². The van der Waals surface area contributed by atoms with Gasteiger partial charge >= 0.3 is 0 Å². The molecule has 4 heteroatoms. The minimum absolute atomic E-state index is 0.598. The maximum absolute atomic E-state index is 5.47. The Kier molecular flexibility index (Phi) is 3.28. The lowest BCUT2D eigenvalue weighted by Crippen LogP contribution is -1.98. The zero-order chi connectivity index (χ0) is 13.3. The number of hydrogen-bond donors (Lipinski definition) is 0. The Hall–Kier alpha value is -1.97. The maximum Gasteiger partial charge on any atom is 0.204 e. The second kappa shape index (κ2) is 4.72. The van der Waals surface area contributed by atoms with Gasteiger partial charge in [-0.25, -0.2) is 0 Å². The second-order valence-electron chi connectivity index (χ2n) is 4.09. The second-order valence-corrected chi connectivity index (χ2v) is 4.09. The number of nitrogens with zero attached hydrogens (tertiary/aromatic N) is 1. The van der Waals surface area contributed by atoms with E-state index in [9.17, 15) is 0 Å². The van der Waals surface area contributed by atoms with Crippen molar-refractivity contribution in [2.45, 2.75) is 13.8 Å². The van der Waals surface area contributed by atoms with Crippen LogP contribution < -0.4 is 14.2 Å². The topological polar surface area (TPSA) is 40.6 Å². The number of fused-ring (bicyclic) bond motifs is 1. The lowest BCUT2D eigenvalue weighted by Gasteiger charge is -2.16. The number of aromatic nitrogens is 1. The molecule has 0 fully saturated rings. The van der Waals surface area contributed by atoms with Gasteiger partial charge in [0.2, 0.25) is 5.75 Å². The fourth-order valence-electron chi connectivity index (χ4n) is 2.24. The van der Waals surface area contributed by atoms with Crippen molar-refractivity contribution in [3.63, 3.8) is 0 Å². The van der Waals surface area contributed by atoms with Crippen LogP contribution in [0.25, 0.3) is 10.8 Å². The van der Waals surface area contributed by atoms with E-state index < -0.39 is 0 Å². The minimum Gasteiger partial charge on any atom is -0.493 e. The first-order valence-corrected chi connectivity index (χ1v) is 5.69. The molecule has 0 saturated heterocycles. The smallest absolute Gasteiger partial charge is 0.204 e. The maximum atomic E-state index is 5.47. The van der Waals surface area contributed by atoms with E-state index in [4.69, 9.17) is 14.2 Å². The van der Waals surface area contributed by atoms with E-state index >= 15 is 0 Å². The third-order valence-electron chi connectivity index (χ3n) is 2.93. The molecular weight excluding hydrogens is 230 g/mol. The Bertz CT molecular complexity index is 593. The summed E-state index contributed by atoms with van der Waals surface area (Å²) in [5.41, 5.74) is 1.89. The summed E-state index contributed by atoms with van der Waals surface area (Å²) in [5, 5.41) is 2.00. The summed E-state index contributed by atoms with van der Waals surface area (Å²) in [7, 11) is 4.84. The van der Waals surface area contributed by atoms with Gasteiger partial charge in [0.15, 0.2) is 11.5 Å². The molecule has 0 atom stereocenters. The van der Waals surface area contributed by atoms with Crippen LogP contribution in [0.15, 0.2) is 12.1 Å². The first kappa shape index (κ1) is 12.5. The highest BCUT2D eigenvalue weighted by atomic mass is 16.5. The Morgan fingerprint density at radius 1 is 0.889 bits per heavy atom. The highest BCUT2D eigenvalue weighted by molar-refractivity contribution is 5.94. The van der Waals surface area contributed by atoms with Gasteiger partial charge in [0.25, 0.3) is 0 Å². The third kappa shape index (κ3) is 1.83. The Labute approximate surface area is 106 Å². The number of aryl methyl sites for hydroxylation is 2. The minimum atomic E-state index is 0.598. The van der Waals surface area contributed by atoms with Gasteiger partial charge in [0, 0.05) is 16.8 Å². The Balaban J connectivity index is 2.92. The zero-order valence-corrected chi connectivity index (χ0v) is 11.3. The lowest BCUT2D eigenvalue weighted by atomic mass is 10.1. The zero-order valence-electron chi connectivity index (χ0n) is 11.3. The molecular formula is C14H17NO3. The fourth-order valence-corrected chi connectivity index (χ4v) is 2.24. The first-order valence-electron chi connectivity index (χ1n) is 5.69. The van der Waals surface area contributed by atoms with Gasteiger partial charge in [-0.1, -0.05) is 0 Å². The van der Waals surface area contributed by atoms with E-state index in [2.05, 4.69) is 4.98 Å². The van der Waals surface area contributed by atoms with Crippen LogP contribution in [0.4, 0.5) is 0 Å². The van der Waals surface area contributed by atoms with Gasteiger partial charge in [-0.2, -0.15) is 0 Å². The molecule has 1 aromatic heterocycles. The lowest BCUT2D eigenvalue weighted by molar-refractivity contribution is 0.327. The number of benzene rings is 1. The molecule has 0 N–H and O–H groups in total. The van der Waals surface area contributed by atoms with Crippen molar-refractivity contribution in [2.24, 2.45) is 0 Å². The van der Waals surface area contributed by atoms with Crippen LogP contribution in [-0.4, -0.2) is 26.3 Å². The third-order valence-corrected chi connectivity index (χ3v) is 2.93. The number of pyridine rings is 1. The van der Waals surface area contributed by atoms with Crippen molar-refractivity contribution in [3.8, 4) is 17.2 Å². The van der Waals surface area contributed by atoms with Crippen LogP contribution in [0.1, 0.15) is 11.4 Å². The number of ether oxygens (including phenoxy) is 3. The SMILES string of the molecule is COc1cc2cc(C)nc(C)c2c(OC)c1OC. The van der Waals surface area contributed by atoms with E-state index in [0.717, 1.165) is 22.2 Å². The highest BCUT2D eigenvalue weighted by Crippen LogP contribution is 2.44. The molecule has 0 amide bonds. The van der Waals surface area contributed by atoms with Gasteiger partial charge < -0.3 is 14.2 Å². The van der Waals surface area contributed by atoms with Gasteiger partial charge in [0.1, 0.15) is 0 Å². The molecule has 0 aliphatic heterocycles. The molecule has 96 valence electrons. The number of hydrogen-bond acceptors (Lipinski definition) is 4. The fraction of sp³-hybridized carbons (Fsp3) is 0.357. The van der Waals surface area contributed by atoms with Gasteiger partial charge in [-0.15, -0.1) is 0 Å². The summed E-state index contributed by atoms with van der Waals surface area (Å²) in [4.78, 5) is 4.46. The van der Waals surface area contributed by atoms with Crippen LogP contribution >= 0.6 is 0 Å². The Morgan fingerprint density at radius 2 is 1.56 bits per heavy atom. The van der Waals surface area contributed by atoms with Crippen molar-refractivity contribution in [1.29, 1.82) is 0 Å². The van der Waals surface area contributed by atoms with Crippen LogP contribution in [0, 0.1) is 13.8 Å². The molecule has 18 heavy (non-hydrogen) atoms. The number of methoxy groups -OCH3 is 3. The summed E-state index contributed by atoms with van der Waals surface area (Å²) < 4.78 is 16.2. The molecule has 0 aliphatic carbocycles. The molecule has 0 radical (unpaired) electrons. The van der Waals surface area contributed by atoms with Crippen LogP contribution in [0.2, 0.25) is 0 Å². The van der Waals surface area contributed by atoms with Crippen molar-refractivity contribution >= 4 is 10.8 Å². The Morgan fingerprint density at radius 3 is 2.11 bits per heavy atom. The summed E-state index contributed by atoms with van der Waals surface area (Å²) in [5.74, 6) is 1.92. The van der Waals surface area contributed by atoms with Crippen molar-refractivity contribution < 1.29 is 14.2 Å². The molecule has 4 nitrogen and oxygen atoms in total. The molecule has 1 aromatic carbocycles. The molecule has 0 saturated carbocycles. The van der Waals surface area contributed by atoms with Gasteiger partial charge in [-0.3, -0.25) is 4.98 Å². The molecule has 0 spiro atoms. The molecule has 2 rings (SSSR count). The molecule has 0 unspecified atom stereocenters. The van der Waals surface area contributed by atoms with E-state index in [1.807, 2.05) is 26.0 Å². The standard InChI is InChI=1S/C14H17NO3/c1-8-6-10-7-11(16-3)13(17-4)14(18-5)12(10)9(2)15-8/h6-7H,1-5H3. The largest absolute Gasteiger partial charge is 0.493 e. The van der Waals surface area contributed by atoms with Crippen molar-refractivity contribution in [3.05, 3.63) is 23.5 Å². The molecule has 0 bridgehead atoms. The van der Waals surface area contributed by atoms with Crippen LogP contribution in [-0.2, 0) is 0 Å². The van der Waals surface area contributed by atoms with Gasteiger partial charge in [0.05, 0.1) is 21.3 Å². The van der Waals surface area contributed by atoms with E-state index in [0.29, 0.717) is 17.2 Å². The van der Waals surface area contributed by atoms with E-state index in [1.54, 1.807) is 21.3 Å². The van der Waals surface area contributed by atoms with Crippen LogP contribution in [0.5, 0.6) is 17.2 Å². The average Bonchev–Trinajstić information content (AvgIpc) is 2.35. The van der Waals surface area contributed by atoms with E-state index in [-0.39, 0.29) is 0 Å². The first-order chi connectivity index (χ1) is 8.62. The molecule has 0 aliphatic rings. The summed E-state index contributed by atoms with van der Waals surface area (Å²) in [6.45, 7) is 3.93. The summed E-state index contributed by atoms with van der Waals surface area (Å²) >= 11 is 0. The quantitative estimate of drug-likeness (QED) is 0.836. The van der Waals surface area contributed by atoms with Crippen molar-refractivity contribution in [2.75, 3.05) is 21.3 Å². The monoisotopic (exact) mass is 247 g/mol. The summed E-state index contributed by atoms with van der Waals surface area (Å²) in [6.07, 6.45) is 0. The van der Waals surface area contributed by atoms with E-state index in [1.165, 1.54) is 0 Å². The summed E-state index contributed by atoms with van der Waals surface area (Å²) in [6, 6.07) is 3.95. The highest BCUT2D eigenvalue weighted by Gasteiger charge is 2.17. The average molecular weight is 247 g/mol. The normalized spacial score (nSPS) is 10.5. The number of rotatable bonds is 3. The molecule has 2 aromatic rings.